The summed E-state index contributed by atoms with van der Waals surface area (Å²) in [7, 11) is 0. The number of halogens is 1. The van der Waals surface area contributed by atoms with Crippen molar-refractivity contribution >= 4 is 56.1 Å². The van der Waals surface area contributed by atoms with Crippen molar-refractivity contribution in [2.24, 2.45) is 0 Å². The average molecular weight is 300 g/mol. The van der Waals surface area contributed by atoms with Crippen molar-refractivity contribution in [2.75, 3.05) is 5.75 Å². The molecule has 0 unspecified atom stereocenters. The van der Waals surface area contributed by atoms with E-state index < -0.39 is 0 Å². The minimum Gasteiger partial charge on any atom is -0.273 e. The number of carbonyl (C=O) groups is 2. The molecule has 3 heterocycles. The van der Waals surface area contributed by atoms with Crippen LogP contribution in [0.2, 0.25) is 5.15 Å². The third-order valence-electron chi connectivity index (χ3n) is 2.47. The molecule has 92 valence electrons. The zero-order valence-corrected chi connectivity index (χ0v) is 11.3. The van der Waals surface area contributed by atoms with Gasteiger partial charge in [-0.15, -0.1) is 11.3 Å². The first-order valence-electron chi connectivity index (χ1n) is 5.01. The van der Waals surface area contributed by atoms with E-state index in [1.807, 2.05) is 6.07 Å². The van der Waals surface area contributed by atoms with Crippen molar-refractivity contribution in [3.05, 3.63) is 22.4 Å². The number of fused-ring (bicyclic) bond motifs is 1. The van der Waals surface area contributed by atoms with Crippen molar-refractivity contribution in [1.29, 1.82) is 0 Å². The summed E-state index contributed by atoms with van der Waals surface area (Å²) in [4.78, 5) is 33.1. The smallest absolute Gasteiger partial charge is 0.273 e. The number of carbonyl (C=O) groups excluding carboxylic acids is 2. The molecule has 1 fully saturated rings. The summed E-state index contributed by atoms with van der Waals surface area (Å²) in [5.74, 6) is 0.0734. The number of rotatable bonds is 2. The Morgan fingerprint density at radius 2 is 2.22 bits per heavy atom. The van der Waals surface area contributed by atoms with Crippen molar-refractivity contribution in [1.82, 2.24) is 14.9 Å². The normalized spacial score (nSPS) is 15.9. The molecule has 2 amide bonds. The van der Waals surface area contributed by atoms with Gasteiger partial charge in [0.15, 0.2) is 0 Å². The summed E-state index contributed by atoms with van der Waals surface area (Å²) in [6, 6.07) is 1.83. The van der Waals surface area contributed by atoms with Gasteiger partial charge in [-0.1, -0.05) is 23.4 Å². The quantitative estimate of drug-likeness (QED) is 0.797. The van der Waals surface area contributed by atoms with E-state index in [0.29, 0.717) is 5.15 Å². The third kappa shape index (κ3) is 1.98. The van der Waals surface area contributed by atoms with Crippen molar-refractivity contribution in [3.63, 3.8) is 0 Å². The Morgan fingerprint density at radius 1 is 1.39 bits per heavy atom. The molecule has 2 aromatic heterocycles. The van der Waals surface area contributed by atoms with Gasteiger partial charge in [-0.05, 0) is 6.07 Å². The molecule has 0 N–H and O–H groups in total. The summed E-state index contributed by atoms with van der Waals surface area (Å²) in [6.07, 6.45) is 1.39. The monoisotopic (exact) mass is 299 g/mol. The highest BCUT2D eigenvalue weighted by atomic mass is 35.5. The van der Waals surface area contributed by atoms with Crippen LogP contribution in [0.1, 0.15) is 4.88 Å². The van der Waals surface area contributed by atoms with Gasteiger partial charge in [0.25, 0.3) is 5.24 Å². The van der Waals surface area contributed by atoms with Crippen LogP contribution in [0.4, 0.5) is 4.79 Å². The number of hydrogen-bond donors (Lipinski definition) is 0. The second-order valence-corrected chi connectivity index (χ2v) is 6.05. The van der Waals surface area contributed by atoms with Crippen molar-refractivity contribution in [2.45, 2.75) is 6.54 Å². The predicted octanol–water partition coefficient (Wildman–Crippen LogP) is 2.54. The van der Waals surface area contributed by atoms with Crippen LogP contribution in [0.5, 0.6) is 0 Å². The first kappa shape index (κ1) is 11.9. The molecule has 0 aliphatic carbocycles. The summed E-state index contributed by atoms with van der Waals surface area (Å²) in [6.45, 7) is 0.280. The molecular formula is C10H6ClN3O2S2. The molecule has 0 spiro atoms. The van der Waals surface area contributed by atoms with Crippen LogP contribution in [0, 0.1) is 0 Å². The average Bonchev–Trinajstić information content (AvgIpc) is 2.89. The van der Waals surface area contributed by atoms with E-state index in [4.69, 9.17) is 11.6 Å². The van der Waals surface area contributed by atoms with Crippen LogP contribution in [0.25, 0.3) is 10.2 Å². The second kappa shape index (κ2) is 4.49. The van der Waals surface area contributed by atoms with Gasteiger partial charge < -0.3 is 0 Å². The standard InChI is InChI=1S/C10H6ClN3O2S2/c11-9-8-6(12-4-13-9)1-5(18-8)2-14-7(15)3-17-10(14)16/h1,4H,2-3H2. The molecule has 0 atom stereocenters. The molecule has 1 aliphatic rings. The van der Waals surface area contributed by atoms with Crippen LogP contribution < -0.4 is 0 Å². The Morgan fingerprint density at radius 3 is 2.89 bits per heavy atom. The molecular weight excluding hydrogens is 294 g/mol. The lowest BCUT2D eigenvalue weighted by Crippen LogP contribution is -2.27. The van der Waals surface area contributed by atoms with Crippen LogP contribution >= 0.6 is 34.7 Å². The largest absolute Gasteiger partial charge is 0.289 e. The summed E-state index contributed by atoms with van der Waals surface area (Å²) in [5, 5.41) is 0.194. The molecule has 8 heteroatoms. The number of thioether (sulfide) groups is 1. The fourth-order valence-corrected chi connectivity index (χ4v) is 3.60. The van der Waals surface area contributed by atoms with Gasteiger partial charge in [-0.3, -0.25) is 14.5 Å². The van der Waals surface area contributed by atoms with E-state index in [1.54, 1.807) is 0 Å². The molecule has 3 rings (SSSR count). The van der Waals surface area contributed by atoms with E-state index in [-0.39, 0.29) is 23.4 Å². The lowest BCUT2D eigenvalue weighted by atomic mass is 10.4. The lowest BCUT2D eigenvalue weighted by Gasteiger charge is -2.10. The van der Waals surface area contributed by atoms with Crippen molar-refractivity contribution in [3.8, 4) is 0 Å². The zero-order chi connectivity index (χ0) is 12.7. The number of imide groups is 1. The minimum atomic E-state index is -0.199. The van der Waals surface area contributed by atoms with Gasteiger partial charge in [0.1, 0.15) is 11.5 Å². The molecule has 0 bridgehead atoms. The van der Waals surface area contributed by atoms with Crippen LogP contribution in [0.3, 0.4) is 0 Å². The van der Waals surface area contributed by atoms with Gasteiger partial charge in [0.05, 0.1) is 22.5 Å². The Kier molecular flexibility index (Phi) is 2.96. The Hall–Kier alpha value is -1.18. The van der Waals surface area contributed by atoms with Crippen LogP contribution in [-0.2, 0) is 11.3 Å². The Bertz CT molecular complexity index is 642. The van der Waals surface area contributed by atoms with E-state index in [2.05, 4.69) is 9.97 Å². The van der Waals surface area contributed by atoms with Gasteiger partial charge in [-0.25, -0.2) is 9.97 Å². The molecule has 1 saturated heterocycles. The molecule has 0 aromatic carbocycles. The lowest BCUT2D eigenvalue weighted by molar-refractivity contribution is -0.124. The first-order chi connectivity index (χ1) is 8.65. The van der Waals surface area contributed by atoms with Gasteiger partial charge >= 0.3 is 0 Å². The topological polar surface area (TPSA) is 63.2 Å². The van der Waals surface area contributed by atoms with E-state index in [1.165, 1.54) is 22.6 Å². The summed E-state index contributed by atoms with van der Waals surface area (Å²) < 4.78 is 0.779. The number of nitrogens with zero attached hydrogens (tertiary/aromatic N) is 3. The highest BCUT2D eigenvalue weighted by Gasteiger charge is 2.30. The second-order valence-electron chi connectivity index (χ2n) is 3.63. The fourth-order valence-electron chi connectivity index (χ4n) is 1.64. The van der Waals surface area contributed by atoms with Gasteiger partial charge in [0, 0.05) is 4.88 Å². The molecule has 0 radical (unpaired) electrons. The fraction of sp³-hybridized carbons (Fsp3) is 0.200. The van der Waals surface area contributed by atoms with Gasteiger partial charge in [0.2, 0.25) is 5.91 Å². The van der Waals surface area contributed by atoms with Crippen molar-refractivity contribution < 1.29 is 9.59 Å². The number of hydrogen-bond acceptors (Lipinski definition) is 6. The minimum absolute atomic E-state index is 0.153. The van der Waals surface area contributed by atoms with E-state index in [9.17, 15) is 9.59 Å². The molecule has 0 saturated carbocycles. The molecule has 5 nitrogen and oxygen atoms in total. The van der Waals surface area contributed by atoms with E-state index >= 15 is 0 Å². The predicted molar refractivity (Wildman–Crippen MR) is 70.8 cm³/mol. The first-order valence-corrected chi connectivity index (χ1v) is 7.19. The number of amides is 2. The molecule has 18 heavy (non-hydrogen) atoms. The maximum absolute atomic E-state index is 11.5. The summed E-state index contributed by atoms with van der Waals surface area (Å²) >= 11 is 8.39. The van der Waals surface area contributed by atoms with Gasteiger partial charge in [-0.2, -0.15) is 0 Å². The summed E-state index contributed by atoms with van der Waals surface area (Å²) in [5.41, 5.74) is 0.738. The highest BCUT2D eigenvalue weighted by molar-refractivity contribution is 8.14. The molecule has 1 aliphatic heterocycles. The number of thiophene rings is 1. The Labute approximate surface area is 115 Å². The SMILES string of the molecule is O=C1CSC(=O)N1Cc1cc2ncnc(Cl)c2s1. The van der Waals surface area contributed by atoms with Crippen LogP contribution in [0.15, 0.2) is 12.4 Å². The molecule has 2 aromatic rings. The Balaban J connectivity index is 1.93. The van der Waals surface area contributed by atoms with E-state index in [0.717, 1.165) is 26.9 Å². The third-order valence-corrected chi connectivity index (χ3v) is 4.85. The maximum atomic E-state index is 11.5. The number of aromatic nitrogens is 2. The van der Waals surface area contributed by atoms with Crippen LogP contribution in [-0.4, -0.2) is 31.8 Å². The highest BCUT2D eigenvalue weighted by Crippen LogP contribution is 2.31. The maximum Gasteiger partial charge on any atom is 0.289 e. The zero-order valence-electron chi connectivity index (χ0n) is 8.92.